The molecule has 1 unspecified atom stereocenters. The van der Waals surface area contributed by atoms with Gasteiger partial charge in [0.2, 0.25) is 5.91 Å². The highest BCUT2D eigenvalue weighted by molar-refractivity contribution is 5.78. The standard InChI is InChI=1S/C15H29NO2/c1-11(2)12(16-9-7-8-13(16)17)10-14(3,4)15(5,6)18/h11-12,18H,7-10H2,1-6H3. The lowest BCUT2D eigenvalue weighted by molar-refractivity contribution is -0.132. The maximum Gasteiger partial charge on any atom is 0.222 e. The third-order valence-corrected chi connectivity index (χ3v) is 4.66. The Balaban J connectivity index is 2.84. The van der Waals surface area contributed by atoms with Crippen molar-refractivity contribution in [3.63, 3.8) is 0 Å². The first-order valence-corrected chi connectivity index (χ1v) is 7.08. The summed E-state index contributed by atoms with van der Waals surface area (Å²) >= 11 is 0. The van der Waals surface area contributed by atoms with Gasteiger partial charge in [0.15, 0.2) is 0 Å². The van der Waals surface area contributed by atoms with Crippen LogP contribution in [0.15, 0.2) is 0 Å². The van der Waals surface area contributed by atoms with Gasteiger partial charge in [-0.05, 0) is 38.0 Å². The Kier molecular flexibility index (Phi) is 4.47. The van der Waals surface area contributed by atoms with E-state index in [-0.39, 0.29) is 17.4 Å². The van der Waals surface area contributed by atoms with Gasteiger partial charge in [0, 0.05) is 19.0 Å². The SMILES string of the molecule is CC(C)C(CC(C)(C)C(C)(C)O)N1CCCC1=O. The van der Waals surface area contributed by atoms with Crippen LogP contribution in [-0.2, 0) is 4.79 Å². The highest BCUT2D eigenvalue weighted by Crippen LogP contribution is 2.38. The Labute approximate surface area is 112 Å². The quantitative estimate of drug-likeness (QED) is 0.820. The first kappa shape index (κ1) is 15.5. The van der Waals surface area contributed by atoms with E-state index >= 15 is 0 Å². The smallest absolute Gasteiger partial charge is 0.222 e. The zero-order valence-corrected chi connectivity index (χ0v) is 12.8. The zero-order valence-electron chi connectivity index (χ0n) is 12.8. The zero-order chi connectivity index (χ0) is 14.1. The molecule has 1 aliphatic heterocycles. The summed E-state index contributed by atoms with van der Waals surface area (Å²) in [6.07, 6.45) is 2.51. The summed E-state index contributed by atoms with van der Waals surface area (Å²) in [5.41, 5.74) is -0.937. The van der Waals surface area contributed by atoms with Crippen LogP contribution in [0.4, 0.5) is 0 Å². The Morgan fingerprint density at radius 3 is 2.17 bits per heavy atom. The Hall–Kier alpha value is -0.570. The van der Waals surface area contributed by atoms with Crippen LogP contribution in [0.3, 0.4) is 0 Å². The minimum absolute atomic E-state index is 0.204. The first-order chi connectivity index (χ1) is 8.06. The van der Waals surface area contributed by atoms with Crippen molar-refractivity contribution in [1.82, 2.24) is 4.90 Å². The van der Waals surface area contributed by atoms with Crippen molar-refractivity contribution in [2.45, 2.75) is 72.4 Å². The van der Waals surface area contributed by atoms with Gasteiger partial charge in [-0.15, -0.1) is 0 Å². The molecule has 0 radical (unpaired) electrons. The summed E-state index contributed by atoms with van der Waals surface area (Å²) in [4.78, 5) is 13.9. The molecule has 0 aliphatic carbocycles. The molecule has 0 aromatic rings. The normalized spacial score (nSPS) is 19.8. The molecule has 1 rings (SSSR count). The van der Waals surface area contributed by atoms with Crippen LogP contribution >= 0.6 is 0 Å². The van der Waals surface area contributed by atoms with E-state index in [4.69, 9.17) is 0 Å². The van der Waals surface area contributed by atoms with Crippen molar-refractivity contribution >= 4 is 5.91 Å². The minimum atomic E-state index is -0.733. The van der Waals surface area contributed by atoms with Gasteiger partial charge < -0.3 is 10.0 Å². The number of likely N-dealkylation sites (tertiary alicyclic amines) is 1. The van der Waals surface area contributed by atoms with E-state index in [0.717, 1.165) is 19.4 Å². The average molecular weight is 255 g/mol. The fourth-order valence-corrected chi connectivity index (χ4v) is 2.50. The predicted octanol–water partition coefficient (Wildman–Crippen LogP) is 2.82. The molecule has 0 aromatic carbocycles. The molecule has 1 atom stereocenters. The van der Waals surface area contributed by atoms with E-state index in [0.29, 0.717) is 12.3 Å². The molecule has 1 aliphatic rings. The molecule has 0 bridgehead atoms. The van der Waals surface area contributed by atoms with Crippen molar-refractivity contribution in [1.29, 1.82) is 0 Å². The van der Waals surface area contributed by atoms with Gasteiger partial charge in [-0.3, -0.25) is 4.79 Å². The molecule has 0 spiro atoms. The molecule has 1 heterocycles. The van der Waals surface area contributed by atoms with Crippen molar-refractivity contribution < 1.29 is 9.90 Å². The van der Waals surface area contributed by atoms with Gasteiger partial charge >= 0.3 is 0 Å². The summed E-state index contributed by atoms with van der Waals surface area (Å²) < 4.78 is 0. The summed E-state index contributed by atoms with van der Waals surface area (Å²) in [6.45, 7) is 13.1. The molecule has 0 aromatic heterocycles. The van der Waals surface area contributed by atoms with Crippen molar-refractivity contribution in [3.05, 3.63) is 0 Å². The van der Waals surface area contributed by atoms with E-state index in [2.05, 4.69) is 27.7 Å². The van der Waals surface area contributed by atoms with Crippen LogP contribution < -0.4 is 0 Å². The highest BCUT2D eigenvalue weighted by atomic mass is 16.3. The summed E-state index contributed by atoms with van der Waals surface area (Å²) in [6, 6.07) is 0.237. The lowest BCUT2D eigenvalue weighted by Crippen LogP contribution is -2.48. The molecule has 106 valence electrons. The maximum atomic E-state index is 11.9. The largest absolute Gasteiger partial charge is 0.390 e. The Morgan fingerprint density at radius 1 is 1.28 bits per heavy atom. The molecule has 0 saturated carbocycles. The van der Waals surface area contributed by atoms with E-state index in [1.807, 2.05) is 18.7 Å². The molecule has 3 nitrogen and oxygen atoms in total. The molecule has 1 N–H and O–H groups in total. The molecule has 1 fully saturated rings. The second-order valence-corrected chi connectivity index (χ2v) is 7.15. The van der Waals surface area contributed by atoms with Gasteiger partial charge in [-0.1, -0.05) is 27.7 Å². The van der Waals surface area contributed by atoms with Crippen LogP contribution in [0.1, 0.15) is 60.8 Å². The van der Waals surface area contributed by atoms with Crippen molar-refractivity contribution in [2.24, 2.45) is 11.3 Å². The number of rotatable bonds is 5. The van der Waals surface area contributed by atoms with Crippen molar-refractivity contribution in [3.8, 4) is 0 Å². The molecule has 1 saturated heterocycles. The van der Waals surface area contributed by atoms with E-state index in [1.165, 1.54) is 0 Å². The van der Waals surface area contributed by atoms with E-state index < -0.39 is 5.60 Å². The first-order valence-electron chi connectivity index (χ1n) is 7.08. The van der Waals surface area contributed by atoms with Crippen LogP contribution in [0.2, 0.25) is 0 Å². The average Bonchev–Trinajstić information content (AvgIpc) is 2.58. The van der Waals surface area contributed by atoms with Gasteiger partial charge in [0.25, 0.3) is 0 Å². The third kappa shape index (κ3) is 3.25. The highest BCUT2D eigenvalue weighted by Gasteiger charge is 2.40. The molecular formula is C15H29NO2. The summed E-state index contributed by atoms with van der Waals surface area (Å²) in [5, 5.41) is 10.3. The van der Waals surface area contributed by atoms with Gasteiger partial charge in [-0.2, -0.15) is 0 Å². The fraction of sp³-hybridized carbons (Fsp3) is 0.933. The predicted molar refractivity (Wildman–Crippen MR) is 74.3 cm³/mol. The lowest BCUT2D eigenvalue weighted by atomic mass is 9.71. The van der Waals surface area contributed by atoms with Gasteiger partial charge in [0.1, 0.15) is 0 Å². The lowest BCUT2D eigenvalue weighted by Gasteiger charge is -2.43. The second-order valence-electron chi connectivity index (χ2n) is 7.15. The van der Waals surface area contributed by atoms with Crippen LogP contribution in [0.5, 0.6) is 0 Å². The number of hydrogen-bond donors (Lipinski definition) is 1. The molecule has 3 heteroatoms. The third-order valence-electron chi connectivity index (χ3n) is 4.66. The van der Waals surface area contributed by atoms with Crippen LogP contribution in [0.25, 0.3) is 0 Å². The number of nitrogens with zero attached hydrogens (tertiary/aromatic N) is 1. The second kappa shape index (κ2) is 5.20. The van der Waals surface area contributed by atoms with E-state index in [1.54, 1.807) is 0 Å². The summed E-state index contributed by atoms with van der Waals surface area (Å²) in [5.74, 6) is 0.703. The monoisotopic (exact) mass is 255 g/mol. The molecule has 1 amide bonds. The number of amides is 1. The topological polar surface area (TPSA) is 40.5 Å². The number of hydrogen-bond acceptors (Lipinski definition) is 2. The Bertz CT molecular complexity index is 302. The number of carbonyl (C=O) groups is 1. The molecule has 18 heavy (non-hydrogen) atoms. The van der Waals surface area contributed by atoms with E-state index in [9.17, 15) is 9.90 Å². The Morgan fingerprint density at radius 2 is 1.83 bits per heavy atom. The van der Waals surface area contributed by atoms with Crippen LogP contribution in [0, 0.1) is 11.3 Å². The maximum absolute atomic E-state index is 11.9. The number of carbonyl (C=O) groups excluding carboxylic acids is 1. The van der Waals surface area contributed by atoms with Gasteiger partial charge in [0.05, 0.1) is 5.60 Å². The molecular weight excluding hydrogens is 226 g/mol. The number of aliphatic hydroxyl groups is 1. The summed E-state index contributed by atoms with van der Waals surface area (Å²) in [7, 11) is 0. The minimum Gasteiger partial charge on any atom is -0.390 e. The van der Waals surface area contributed by atoms with Crippen LogP contribution in [-0.4, -0.2) is 34.1 Å². The van der Waals surface area contributed by atoms with Crippen molar-refractivity contribution in [2.75, 3.05) is 6.54 Å². The van der Waals surface area contributed by atoms with Gasteiger partial charge in [-0.25, -0.2) is 0 Å². The fourth-order valence-electron chi connectivity index (χ4n) is 2.50.